The second-order valence-corrected chi connectivity index (χ2v) is 6.76. The van der Waals surface area contributed by atoms with E-state index in [4.69, 9.17) is 4.74 Å². The molecule has 0 bridgehead atoms. The minimum absolute atomic E-state index is 0. The van der Waals surface area contributed by atoms with Crippen LogP contribution in [0.5, 0.6) is 5.75 Å². The molecule has 2 heteroatoms. The molecule has 0 radical (unpaired) electrons. The van der Waals surface area contributed by atoms with Crippen molar-refractivity contribution in [1.82, 2.24) is 0 Å². The van der Waals surface area contributed by atoms with Gasteiger partial charge in [0.15, 0.2) is 0 Å². The first kappa shape index (κ1) is 24.0. The summed E-state index contributed by atoms with van der Waals surface area (Å²) in [5, 5.41) is 0. The van der Waals surface area contributed by atoms with Gasteiger partial charge in [0.2, 0.25) is 0 Å². The Morgan fingerprint density at radius 3 is 1.46 bits per heavy atom. The van der Waals surface area contributed by atoms with Crippen LogP contribution >= 0.6 is 0 Å². The maximum absolute atomic E-state index is 5.71. The first-order chi connectivity index (χ1) is 11.4. The molecule has 0 aliphatic carbocycles. The number of unbranched alkanes of at least 4 members (excludes halogenated alkanes) is 13. The quantitative estimate of drug-likeness (QED) is 0.234. The second-order valence-electron chi connectivity index (χ2n) is 6.76. The molecule has 0 saturated carbocycles. The number of hydrogen-bond acceptors (Lipinski definition) is 1. The van der Waals surface area contributed by atoms with Crippen LogP contribution in [-0.4, -0.2) is 36.2 Å². The fourth-order valence-electron chi connectivity index (χ4n) is 3.00. The van der Waals surface area contributed by atoms with Gasteiger partial charge in [0.25, 0.3) is 0 Å². The van der Waals surface area contributed by atoms with Crippen LogP contribution in [0.3, 0.4) is 0 Å². The average molecular weight is 343 g/mol. The summed E-state index contributed by atoms with van der Waals surface area (Å²) >= 11 is 0. The molecule has 1 aromatic rings. The summed E-state index contributed by atoms with van der Waals surface area (Å²) in [6.07, 6.45) is 19.7. The molecule has 0 N–H and O–H groups in total. The van der Waals surface area contributed by atoms with E-state index in [0.717, 1.165) is 12.4 Å². The van der Waals surface area contributed by atoms with Gasteiger partial charge in [-0.2, -0.15) is 0 Å². The van der Waals surface area contributed by atoms with Gasteiger partial charge in [-0.3, -0.25) is 0 Å². The Hall–Kier alpha value is 0.0200. The molecule has 0 atom stereocenters. The topological polar surface area (TPSA) is 9.23 Å². The number of ether oxygens (including phenoxy) is 1. The third-order valence-electron chi connectivity index (χ3n) is 4.51. The van der Waals surface area contributed by atoms with Crippen LogP contribution in [0.15, 0.2) is 30.3 Å². The summed E-state index contributed by atoms with van der Waals surface area (Å²) in [5.41, 5.74) is 0. The Morgan fingerprint density at radius 2 is 1.00 bits per heavy atom. The molecule has 0 heterocycles. The Bertz CT molecular complexity index is 339. The predicted molar refractivity (Wildman–Crippen MR) is 109 cm³/mol. The normalized spacial score (nSPS) is 10.4. The van der Waals surface area contributed by atoms with Crippen LogP contribution in [-0.2, 0) is 0 Å². The van der Waals surface area contributed by atoms with Crippen LogP contribution in [0.4, 0.5) is 0 Å². The fourth-order valence-corrected chi connectivity index (χ4v) is 3.00. The van der Waals surface area contributed by atoms with E-state index in [1.165, 1.54) is 89.9 Å². The molecule has 134 valence electrons. The van der Waals surface area contributed by atoms with E-state index >= 15 is 0 Å². The SMILES string of the molecule is CCCCCCCCCCCCCCCCOc1ccccc1.[NaH]. The van der Waals surface area contributed by atoms with Crippen molar-refractivity contribution in [1.29, 1.82) is 0 Å². The van der Waals surface area contributed by atoms with Gasteiger partial charge in [0.05, 0.1) is 6.61 Å². The minimum atomic E-state index is 0. The van der Waals surface area contributed by atoms with Gasteiger partial charge in [-0.1, -0.05) is 109 Å². The van der Waals surface area contributed by atoms with Crippen LogP contribution in [0, 0.1) is 0 Å². The van der Waals surface area contributed by atoms with Crippen LogP contribution in [0.2, 0.25) is 0 Å². The van der Waals surface area contributed by atoms with Crippen molar-refractivity contribution in [3.05, 3.63) is 30.3 Å². The van der Waals surface area contributed by atoms with Gasteiger partial charge in [0, 0.05) is 0 Å². The Labute approximate surface area is 173 Å². The number of rotatable bonds is 16. The van der Waals surface area contributed by atoms with E-state index in [2.05, 4.69) is 6.92 Å². The molecule has 1 aromatic carbocycles. The van der Waals surface area contributed by atoms with Crippen molar-refractivity contribution in [3.63, 3.8) is 0 Å². The van der Waals surface area contributed by atoms with E-state index < -0.39 is 0 Å². The standard InChI is InChI=1S/C22H38O.Na.H/c1-2-3-4-5-6-7-8-9-10-11-12-13-14-18-21-23-22-19-16-15-17-20-22;;/h15-17,19-20H,2-14,18,21H2,1H3;;. The Morgan fingerprint density at radius 1 is 0.583 bits per heavy atom. The molecule has 0 fully saturated rings. The van der Waals surface area contributed by atoms with Gasteiger partial charge in [0.1, 0.15) is 5.75 Å². The zero-order valence-electron chi connectivity index (χ0n) is 15.4. The predicted octanol–water partition coefficient (Wildman–Crippen LogP) is 6.90. The van der Waals surface area contributed by atoms with Gasteiger partial charge in [-0.15, -0.1) is 0 Å². The molecule has 0 spiro atoms. The van der Waals surface area contributed by atoms with Gasteiger partial charge >= 0.3 is 29.6 Å². The van der Waals surface area contributed by atoms with Crippen molar-refractivity contribution < 1.29 is 4.74 Å². The first-order valence-electron chi connectivity index (χ1n) is 10.1. The van der Waals surface area contributed by atoms with Crippen LogP contribution in [0.1, 0.15) is 96.8 Å². The summed E-state index contributed by atoms with van der Waals surface area (Å²) in [5.74, 6) is 1.00. The van der Waals surface area contributed by atoms with E-state index in [0.29, 0.717) is 0 Å². The molecule has 0 amide bonds. The monoisotopic (exact) mass is 342 g/mol. The Balaban J connectivity index is 0.00000529. The zero-order valence-corrected chi connectivity index (χ0v) is 15.4. The number of benzene rings is 1. The van der Waals surface area contributed by atoms with E-state index in [1.807, 2.05) is 30.3 Å². The van der Waals surface area contributed by atoms with Crippen molar-refractivity contribution in [2.45, 2.75) is 96.8 Å². The molecule has 1 rings (SSSR count). The van der Waals surface area contributed by atoms with Gasteiger partial charge in [-0.05, 0) is 18.6 Å². The van der Waals surface area contributed by atoms with Gasteiger partial charge in [-0.25, -0.2) is 0 Å². The van der Waals surface area contributed by atoms with Crippen molar-refractivity contribution >= 4 is 29.6 Å². The molecule has 24 heavy (non-hydrogen) atoms. The third-order valence-corrected chi connectivity index (χ3v) is 4.51. The molecule has 0 saturated heterocycles. The number of hydrogen-bond donors (Lipinski definition) is 0. The second kappa shape index (κ2) is 19.3. The summed E-state index contributed by atoms with van der Waals surface area (Å²) in [6.45, 7) is 3.15. The summed E-state index contributed by atoms with van der Waals surface area (Å²) in [4.78, 5) is 0. The van der Waals surface area contributed by atoms with Gasteiger partial charge < -0.3 is 4.74 Å². The van der Waals surface area contributed by atoms with Crippen LogP contribution < -0.4 is 4.74 Å². The van der Waals surface area contributed by atoms with Crippen molar-refractivity contribution in [2.24, 2.45) is 0 Å². The van der Waals surface area contributed by atoms with Crippen molar-refractivity contribution in [2.75, 3.05) is 6.61 Å². The fraction of sp³-hybridized carbons (Fsp3) is 0.727. The summed E-state index contributed by atoms with van der Waals surface area (Å²) in [7, 11) is 0. The number of para-hydroxylation sites is 1. The summed E-state index contributed by atoms with van der Waals surface area (Å²) < 4.78 is 5.71. The third kappa shape index (κ3) is 15.5. The van der Waals surface area contributed by atoms with Crippen LogP contribution in [0.25, 0.3) is 0 Å². The van der Waals surface area contributed by atoms with E-state index in [-0.39, 0.29) is 29.6 Å². The molecule has 0 unspecified atom stereocenters. The molecule has 0 aromatic heterocycles. The zero-order chi connectivity index (χ0) is 16.4. The summed E-state index contributed by atoms with van der Waals surface area (Å²) in [6, 6.07) is 10.1. The molecule has 1 nitrogen and oxygen atoms in total. The molecule has 0 aliphatic heterocycles. The van der Waals surface area contributed by atoms with E-state index in [1.54, 1.807) is 0 Å². The average Bonchev–Trinajstić information content (AvgIpc) is 2.59. The first-order valence-corrected chi connectivity index (χ1v) is 10.1. The Kier molecular flexibility index (Phi) is 19.4. The molecule has 0 aliphatic rings. The molecular weight excluding hydrogens is 303 g/mol. The molecular formula is C22H39NaO. The maximum atomic E-state index is 5.71. The van der Waals surface area contributed by atoms with E-state index in [9.17, 15) is 0 Å². The van der Waals surface area contributed by atoms with Crippen molar-refractivity contribution in [3.8, 4) is 5.75 Å².